The van der Waals surface area contributed by atoms with Crippen LogP contribution in [0.2, 0.25) is 0 Å². The maximum Gasteiger partial charge on any atom is 0.217 e. The number of nitrogens with zero attached hydrogens (tertiary/aromatic N) is 1. The number of aryl methyl sites for hydroxylation is 1. The van der Waals surface area contributed by atoms with E-state index >= 15 is 0 Å². The maximum atomic E-state index is 10.6. The van der Waals surface area contributed by atoms with E-state index in [1.165, 1.54) is 18.3 Å². The number of hydrogen-bond donors (Lipinski definition) is 2. The van der Waals surface area contributed by atoms with Crippen LogP contribution in [0, 0.1) is 6.92 Å². The summed E-state index contributed by atoms with van der Waals surface area (Å²) in [7, 11) is 0. The first-order valence-electron chi connectivity index (χ1n) is 4.23. The van der Waals surface area contributed by atoms with Crippen molar-refractivity contribution in [2.75, 3.05) is 12.3 Å². The lowest BCUT2D eigenvalue weighted by Crippen LogP contribution is -2.19. The Morgan fingerprint density at radius 1 is 1.71 bits per heavy atom. The van der Waals surface area contributed by atoms with Crippen molar-refractivity contribution in [3.63, 3.8) is 0 Å². The van der Waals surface area contributed by atoms with E-state index in [0.717, 1.165) is 10.6 Å². The monoisotopic (exact) mass is 211 g/mol. The van der Waals surface area contributed by atoms with Crippen LogP contribution in [0.15, 0.2) is 6.08 Å². The minimum Gasteiger partial charge on any atom is -0.375 e. The van der Waals surface area contributed by atoms with E-state index in [0.29, 0.717) is 11.7 Å². The van der Waals surface area contributed by atoms with Crippen LogP contribution in [0.5, 0.6) is 0 Å². The minimum absolute atomic E-state index is 0.0322. The van der Waals surface area contributed by atoms with Crippen LogP contribution < -0.4 is 11.1 Å². The van der Waals surface area contributed by atoms with E-state index in [9.17, 15) is 4.79 Å². The van der Waals surface area contributed by atoms with E-state index in [2.05, 4.69) is 10.3 Å². The molecule has 1 aromatic rings. The molecular formula is C9H13N3OS. The Morgan fingerprint density at radius 2 is 2.43 bits per heavy atom. The van der Waals surface area contributed by atoms with Gasteiger partial charge in [0.25, 0.3) is 0 Å². The van der Waals surface area contributed by atoms with Gasteiger partial charge < -0.3 is 11.1 Å². The van der Waals surface area contributed by atoms with Gasteiger partial charge in [0.15, 0.2) is 5.13 Å². The van der Waals surface area contributed by atoms with E-state index in [4.69, 9.17) is 5.73 Å². The van der Waals surface area contributed by atoms with Crippen molar-refractivity contribution in [2.24, 2.45) is 0 Å². The van der Waals surface area contributed by atoms with Crippen LogP contribution in [0.25, 0.3) is 6.08 Å². The third-order valence-corrected chi connectivity index (χ3v) is 2.54. The second kappa shape index (κ2) is 4.76. The minimum atomic E-state index is -0.0322. The fourth-order valence-corrected chi connectivity index (χ4v) is 1.72. The van der Waals surface area contributed by atoms with Gasteiger partial charge in [-0.15, -0.1) is 0 Å². The Kier molecular flexibility index (Phi) is 3.64. The number of anilines is 1. The summed E-state index contributed by atoms with van der Waals surface area (Å²) in [4.78, 5) is 15.7. The quantitative estimate of drug-likeness (QED) is 0.789. The summed E-state index contributed by atoms with van der Waals surface area (Å²) >= 11 is 1.44. The van der Waals surface area contributed by atoms with Crippen molar-refractivity contribution < 1.29 is 4.79 Å². The van der Waals surface area contributed by atoms with Gasteiger partial charge in [0.05, 0.1) is 10.6 Å². The van der Waals surface area contributed by atoms with Crippen LogP contribution in [-0.4, -0.2) is 17.4 Å². The number of nitrogens with two attached hydrogens (primary N) is 1. The van der Waals surface area contributed by atoms with Crippen LogP contribution in [0.3, 0.4) is 0 Å². The summed E-state index contributed by atoms with van der Waals surface area (Å²) < 4.78 is 0. The number of thiazole rings is 1. The Bertz CT molecular complexity index is 357. The second-order valence-electron chi connectivity index (χ2n) is 2.84. The molecule has 0 unspecified atom stereocenters. The maximum absolute atomic E-state index is 10.6. The number of rotatable bonds is 3. The van der Waals surface area contributed by atoms with Crippen molar-refractivity contribution in [1.29, 1.82) is 0 Å². The zero-order chi connectivity index (χ0) is 10.6. The summed E-state index contributed by atoms with van der Waals surface area (Å²) in [5.74, 6) is -0.0322. The molecule has 1 heterocycles. The Morgan fingerprint density at radius 3 is 2.93 bits per heavy atom. The number of hydrogen-bond acceptors (Lipinski definition) is 4. The molecule has 1 aromatic heterocycles. The van der Waals surface area contributed by atoms with Gasteiger partial charge in [-0.25, -0.2) is 4.98 Å². The molecule has 0 saturated heterocycles. The van der Waals surface area contributed by atoms with Crippen molar-refractivity contribution in [3.8, 4) is 0 Å². The van der Waals surface area contributed by atoms with Crippen LogP contribution in [0.1, 0.15) is 17.5 Å². The molecule has 0 aromatic carbocycles. The molecule has 0 radical (unpaired) electrons. The van der Waals surface area contributed by atoms with Crippen LogP contribution in [-0.2, 0) is 4.79 Å². The predicted molar refractivity (Wildman–Crippen MR) is 59.0 cm³/mol. The number of nitrogen functional groups attached to an aromatic ring is 1. The zero-order valence-electron chi connectivity index (χ0n) is 8.20. The summed E-state index contributed by atoms with van der Waals surface area (Å²) in [5, 5.41) is 3.24. The topological polar surface area (TPSA) is 68.0 Å². The molecule has 0 atom stereocenters. The van der Waals surface area contributed by atoms with Crippen LogP contribution >= 0.6 is 11.3 Å². The zero-order valence-corrected chi connectivity index (χ0v) is 9.02. The van der Waals surface area contributed by atoms with Crippen molar-refractivity contribution in [3.05, 3.63) is 16.6 Å². The van der Waals surface area contributed by atoms with Crippen LogP contribution in [0.4, 0.5) is 5.13 Å². The molecule has 0 bridgehead atoms. The standard InChI is InChI=1S/C9H13N3OS/c1-6-8(14-9(10)12-6)4-3-5-11-7(2)13/h3-4H,5H2,1-2H3,(H2,10,12)(H,11,13). The number of amides is 1. The fraction of sp³-hybridized carbons (Fsp3) is 0.333. The average molecular weight is 211 g/mol. The summed E-state index contributed by atoms with van der Waals surface area (Å²) in [6, 6.07) is 0. The molecule has 4 nitrogen and oxygen atoms in total. The molecule has 76 valence electrons. The van der Waals surface area contributed by atoms with Gasteiger partial charge in [-0.2, -0.15) is 0 Å². The number of carbonyl (C=O) groups excluding carboxylic acids is 1. The average Bonchev–Trinajstić information content (AvgIpc) is 2.39. The first-order valence-corrected chi connectivity index (χ1v) is 5.05. The third kappa shape index (κ3) is 3.18. The van der Waals surface area contributed by atoms with Gasteiger partial charge in [0.1, 0.15) is 0 Å². The molecule has 1 amide bonds. The molecule has 14 heavy (non-hydrogen) atoms. The van der Waals surface area contributed by atoms with Crippen molar-refractivity contribution >= 4 is 28.5 Å². The van der Waals surface area contributed by atoms with E-state index < -0.39 is 0 Å². The number of carbonyl (C=O) groups is 1. The van der Waals surface area contributed by atoms with Crippen molar-refractivity contribution in [1.82, 2.24) is 10.3 Å². The summed E-state index contributed by atoms with van der Waals surface area (Å²) in [6.07, 6.45) is 3.79. The van der Waals surface area contributed by atoms with Gasteiger partial charge in [0, 0.05) is 13.5 Å². The lowest BCUT2D eigenvalue weighted by atomic mass is 10.3. The van der Waals surface area contributed by atoms with Gasteiger partial charge in [-0.1, -0.05) is 17.4 Å². The van der Waals surface area contributed by atoms with E-state index in [1.807, 2.05) is 19.1 Å². The molecule has 5 heteroatoms. The predicted octanol–water partition coefficient (Wildman–Crippen LogP) is 1.18. The largest absolute Gasteiger partial charge is 0.375 e. The summed E-state index contributed by atoms with van der Waals surface area (Å²) in [5.41, 5.74) is 6.46. The fourth-order valence-electron chi connectivity index (χ4n) is 0.953. The highest BCUT2D eigenvalue weighted by Crippen LogP contribution is 2.20. The van der Waals surface area contributed by atoms with Crippen molar-refractivity contribution in [2.45, 2.75) is 13.8 Å². The SMILES string of the molecule is CC(=O)NCC=Cc1sc(N)nc1C. The Balaban J connectivity index is 2.51. The summed E-state index contributed by atoms with van der Waals surface area (Å²) in [6.45, 7) is 3.93. The molecule has 0 aliphatic rings. The molecule has 0 aliphatic carbocycles. The highest BCUT2D eigenvalue weighted by Gasteiger charge is 2.00. The van der Waals surface area contributed by atoms with Gasteiger partial charge in [0.2, 0.25) is 5.91 Å². The lowest BCUT2D eigenvalue weighted by molar-refractivity contribution is -0.118. The third-order valence-electron chi connectivity index (χ3n) is 1.59. The van der Waals surface area contributed by atoms with E-state index in [-0.39, 0.29) is 5.91 Å². The molecule has 1 rings (SSSR count). The molecule has 0 spiro atoms. The molecule has 0 saturated carbocycles. The highest BCUT2D eigenvalue weighted by molar-refractivity contribution is 7.16. The first-order chi connectivity index (χ1) is 6.59. The molecule has 0 fully saturated rings. The molecule has 3 N–H and O–H groups in total. The second-order valence-corrected chi connectivity index (χ2v) is 3.90. The number of aromatic nitrogens is 1. The number of nitrogens with one attached hydrogen (secondary N) is 1. The Labute approximate surface area is 86.8 Å². The van der Waals surface area contributed by atoms with E-state index in [1.54, 1.807) is 0 Å². The molecule has 0 aliphatic heterocycles. The lowest BCUT2D eigenvalue weighted by Gasteiger charge is -1.93. The smallest absolute Gasteiger partial charge is 0.217 e. The van der Waals surface area contributed by atoms with Gasteiger partial charge in [-0.05, 0) is 13.0 Å². The Hall–Kier alpha value is -1.36. The highest BCUT2D eigenvalue weighted by atomic mass is 32.1. The molecular weight excluding hydrogens is 198 g/mol. The first kappa shape index (κ1) is 10.7. The van der Waals surface area contributed by atoms with Gasteiger partial charge >= 0.3 is 0 Å². The normalized spacial score (nSPS) is 10.7. The van der Waals surface area contributed by atoms with Gasteiger partial charge in [-0.3, -0.25) is 4.79 Å².